The molecule has 0 aromatic rings. The Kier molecular flexibility index (Phi) is 6.83. The lowest BCUT2D eigenvalue weighted by atomic mass is 9.43. The zero-order chi connectivity index (χ0) is 24.3. The van der Waals surface area contributed by atoms with Crippen LogP contribution in [0.15, 0.2) is 11.6 Å². The van der Waals surface area contributed by atoms with E-state index in [0.717, 1.165) is 23.8 Å². The van der Waals surface area contributed by atoms with Crippen LogP contribution in [0.2, 0.25) is 0 Å². The highest BCUT2D eigenvalue weighted by Crippen LogP contribution is 2.67. The smallest absolute Gasteiger partial charge is 0.244 e. The molecule has 188 valence electrons. The van der Waals surface area contributed by atoms with Gasteiger partial charge in [0, 0.05) is 12.1 Å². The minimum atomic E-state index is -0.701. The number of carbonyl (C=O) groups is 1. The van der Waals surface area contributed by atoms with Gasteiger partial charge >= 0.3 is 0 Å². The lowest BCUT2D eigenvalue weighted by molar-refractivity contribution is -0.179. The molecule has 4 aliphatic rings. The van der Waals surface area contributed by atoms with E-state index < -0.39 is 18.2 Å². The molecule has 5 nitrogen and oxygen atoms in total. The number of amides is 1. The number of hydrogen-bond acceptors (Lipinski definition) is 4. The number of fused-ring (bicyclic) bond motifs is 5. The lowest BCUT2D eigenvalue weighted by Crippen LogP contribution is -2.65. The summed E-state index contributed by atoms with van der Waals surface area (Å²) in [5.41, 5.74) is 1.26. The van der Waals surface area contributed by atoms with E-state index in [1.54, 1.807) is 6.08 Å². The summed E-state index contributed by atoms with van der Waals surface area (Å²) in [4.78, 5) is 14.8. The summed E-state index contributed by atoms with van der Waals surface area (Å²) < 4.78 is 0. The fourth-order valence-corrected chi connectivity index (χ4v) is 9.25. The van der Waals surface area contributed by atoms with Crippen molar-refractivity contribution in [3.63, 3.8) is 0 Å². The first-order valence-corrected chi connectivity index (χ1v) is 13.4. The maximum Gasteiger partial charge on any atom is 0.244 e. The second-order valence-corrected chi connectivity index (χ2v) is 13.0. The first kappa shape index (κ1) is 25.2. The Morgan fingerprint density at radius 1 is 1.00 bits per heavy atom. The van der Waals surface area contributed by atoms with Crippen LogP contribution in [0.25, 0.3) is 0 Å². The van der Waals surface area contributed by atoms with Gasteiger partial charge in [0.15, 0.2) is 0 Å². The second-order valence-electron chi connectivity index (χ2n) is 13.0. The molecule has 0 aromatic carbocycles. The van der Waals surface area contributed by atoms with Crippen LogP contribution in [0, 0.1) is 40.4 Å². The fourth-order valence-electron chi connectivity index (χ4n) is 9.25. The van der Waals surface area contributed by atoms with Crippen LogP contribution in [-0.4, -0.2) is 59.4 Å². The third kappa shape index (κ3) is 4.10. The van der Waals surface area contributed by atoms with E-state index in [-0.39, 0.29) is 17.2 Å². The van der Waals surface area contributed by atoms with Crippen LogP contribution < -0.4 is 5.32 Å². The molecule has 0 heterocycles. The van der Waals surface area contributed by atoms with Crippen molar-refractivity contribution in [2.75, 3.05) is 14.1 Å². The van der Waals surface area contributed by atoms with E-state index in [9.17, 15) is 15.0 Å². The standard InChI is InChI=1S/C28H48N2O3/c1-16(2)14-24(32)29-25-23(31)15-28(5)21-12-13-27(4)19(17(3)30(6)7)10-11-20(27)18(21)8-9-22(28)26(25)33/h14,17-23,25-26,31,33H,8-13,15H2,1-7H3,(H,29,32)/t17-,18-,19+,20-,21-,22-,23-,25-,26+,27+,28+/m0/s1. The summed E-state index contributed by atoms with van der Waals surface area (Å²) in [6.07, 6.45) is 8.14. The number of aliphatic hydroxyl groups excluding tert-OH is 2. The third-order valence-corrected chi connectivity index (χ3v) is 11.0. The zero-order valence-electron chi connectivity index (χ0n) is 22.0. The van der Waals surface area contributed by atoms with Gasteiger partial charge in [0.05, 0.1) is 18.2 Å². The average Bonchev–Trinajstić information content (AvgIpc) is 3.06. The summed E-state index contributed by atoms with van der Waals surface area (Å²) >= 11 is 0. The number of carbonyl (C=O) groups excluding carboxylic acids is 1. The Bertz CT molecular complexity index is 777. The lowest BCUT2D eigenvalue weighted by Gasteiger charge is -2.63. The SMILES string of the molecule is CC(C)=CC(=O)N[C@@H]1[C@H](O)[C@@H]2CC[C@@H]3[C@H](CC[C@]4(C)[C@@H]([C@H](C)N(C)C)CC[C@@H]34)[C@@]2(C)C[C@@H]1O. The summed E-state index contributed by atoms with van der Waals surface area (Å²) in [7, 11) is 4.44. The number of nitrogens with zero attached hydrogens (tertiary/aromatic N) is 1. The molecule has 33 heavy (non-hydrogen) atoms. The molecule has 0 unspecified atom stereocenters. The highest BCUT2D eigenvalue weighted by molar-refractivity contribution is 5.88. The predicted octanol–water partition coefficient (Wildman–Crippen LogP) is 3.99. The van der Waals surface area contributed by atoms with Gasteiger partial charge in [0.1, 0.15) is 0 Å². The highest BCUT2D eigenvalue weighted by Gasteiger charge is 2.63. The van der Waals surface area contributed by atoms with Gasteiger partial charge in [-0.25, -0.2) is 0 Å². The number of rotatable bonds is 4. The van der Waals surface area contributed by atoms with Crippen LogP contribution in [0.3, 0.4) is 0 Å². The van der Waals surface area contributed by atoms with Gasteiger partial charge in [-0.15, -0.1) is 0 Å². The fraction of sp³-hybridized carbons (Fsp3) is 0.893. The van der Waals surface area contributed by atoms with Crippen LogP contribution in [0.1, 0.15) is 79.6 Å². The molecule has 0 aliphatic heterocycles. The number of hydrogen-bond donors (Lipinski definition) is 3. The normalized spacial score (nSPS) is 47.8. The zero-order valence-corrected chi connectivity index (χ0v) is 22.0. The van der Waals surface area contributed by atoms with Crippen molar-refractivity contribution in [2.24, 2.45) is 40.4 Å². The first-order chi connectivity index (χ1) is 15.4. The molecule has 0 saturated heterocycles. The van der Waals surface area contributed by atoms with Crippen LogP contribution >= 0.6 is 0 Å². The van der Waals surface area contributed by atoms with Crippen LogP contribution in [-0.2, 0) is 4.79 Å². The van der Waals surface area contributed by atoms with E-state index >= 15 is 0 Å². The maximum atomic E-state index is 12.4. The molecular weight excluding hydrogens is 412 g/mol. The molecule has 0 spiro atoms. The van der Waals surface area contributed by atoms with E-state index in [1.807, 2.05) is 13.8 Å². The maximum absolute atomic E-state index is 12.4. The molecule has 11 atom stereocenters. The van der Waals surface area contributed by atoms with E-state index in [1.165, 1.54) is 32.1 Å². The Balaban J connectivity index is 1.54. The number of allylic oxidation sites excluding steroid dienone is 1. The van der Waals surface area contributed by atoms with Crippen molar-refractivity contribution in [3.8, 4) is 0 Å². The van der Waals surface area contributed by atoms with Crippen molar-refractivity contribution in [2.45, 2.75) is 104 Å². The Hall–Kier alpha value is -0.910. The Morgan fingerprint density at radius 3 is 2.27 bits per heavy atom. The molecule has 4 rings (SSSR count). The van der Waals surface area contributed by atoms with Crippen molar-refractivity contribution >= 4 is 5.91 Å². The summed E-state index contributed by atoms with van der Waals surface area (Å²) in [5, 5.41) is 25.4. The van der Waals surface area contributed by atoms with Gasteiger partial charge in [0.25, 0.3) is 0 Å². The number of aliphatic hydroxyl groups is 2. The van der Waals surface area contributed by atoms with Gasteiger partial charge in [-0.3, -0.25) is 4.79 Å². The number of nitrogens with one attached hydrogen (secondary N) is 1. The summed E-state index contributed by atoms with van der Waals surface area (Å²) in [6.45, 7) is 11.1. The topological polar surface area (TPSA) is 72.8 Å². The van der Waals surface area contributed by atoms with Gasteiger partial charge in [-0.05, 0) is 120 Å². The van der Waals surface area contributed by atoms with Crippen molar-refractivity contribution in [1.82, 2.24) is 10.2 Å². The third-order valence-electron chi connectivity index (χ3n) is 11.0. The first-order valence-electron chi connectivity index (χ1n) is 13.4. The monoisotopic (exact) mass is 460 g/mol. The van der Waals surface area contributed by atoms with Gasteiger partial charge in [-0.2, -0.15) is 0 Å². The van der Waals surface area contributed by atoms with E-state index in [2.05, 4.69) is 45.1 Å². The molecular formula is C28H48N2O3. The quantitative estimate of drug-likeness (QED) is 0.555. The molecule has 5 heteroatoms. The van der Waals surface area contributed by atoms with Gasteiger partial charge < -0.3 is 20.4 Å². The molecule has 4 saturated carbocycles. The van der Waals surface area contributed by atoms with Crippen molar-refractivity contribution < 1.29 is 15.0 Å². The van der Waals surface area contributed by atoms with Gasteiger partial charge in [0.2, 0.25) is 5.91 Å². The van der Waals surface area contributed by atoms with Crippen LogP contribution in [0.5, 0.6) is 0 Å². The minimum absolute atomic E-state index is 0.0634. The largest absolute Gasteiger partial charge is 0.391 e. The van der Waals surface area contributed by atoms with E-state index in [0.29, 0.717) is 29.7 Å². The summed E-state index contributed by atoms with van der Waals surface area (Å²) in [5.74, 6) is 2.69. The second kappa shape index (κ2) is 8.95. The van der Waals surface area contributed by atoms with Gasteiger partial charge in [-0.1, -0.05) is 19.4 Å². The Morgan fingerprint density at radius 2 is 1.64 bits per heavy atom. The molecule has 0 bridgehead atoms. The molecule has 4 fully saturated rings. The van der Waals surface area contributed by atoms with Crippen molar-refractivity contribution in [3.05, 3.63) is 11.6 Å². The average molecular weight is 461 g/mol. The molecule has 1 amide bonds. The van der Waals surface area contributed by atoms with Crippen LogP contribution in [0.4, 0.5) is 0 Å². The Labute approximate surface area is 201 Å². The molecule has 4 aliphatic carbocycles. The molecule has 3 N–H and O–H groups in total. The van der Waals surface area contributed by atoms with E-state index in [4.69, 9.17) is 0 Å². The molecule has 0 radical (unpaired) electrons. The summed E-state index contributed by atoms with van der Waals surface area (Å²) in [6, 6.07) is 0.0281. The predicted molar refractivity (Wildman–Crippen MR) is 133 cm³/mol. The minimum Gasteiger partial charge on any atom is -0.391 e. The molecule has 0 aromatic heterocycles. The highest BCUT2D eigenvalue weighted by atomic mass is 16.3. The van der Waals surface area contributed by atoms with Crippen molar-refractivity contribution in [1.29, 1.82) is 0 Å².